The monoisotopic (exact) mass is 337 g/mol. The lowest BCUT2D eigenvalue weighted by Gasteiger charge is -2.35. The van der Waals surface area contributed by atoms with E-state index in [4.69, 9.17) is 4.52 Å². The van der Waals surface area contributed by atoms with Crippen LogP contribution in [0, 0.1) is 6.92 Å². The van der Waals surface area contributed by atoms with E-state index in [1.54, 1.807) is 0 Å². The molecule has 0 aliphatic carbocycles. The Balaban J connectivity index is 1.39. The van der Waals surface area contributed by atoms with E-state index in [-0.39, 0.29) is 12.3 Å². The van der Waals surface area contributed by atoms with Crippen molar-refractivity contribution in [2.75, 3.05) is 31.1 Å². The second-order valence-corrected chi connectivity index (χ2v) is 6.20. The van der Waals surface area contributed by atoms with Crippen molar-refractivity contribution in [1.29, 1.82) is 0 Å². The Morgan fingerprint density at radius 3 is 2.64 bits per heavy atom. The van der Waals surface area contributed by atoms with Crippen LogP contribution in [0.2, 0.25) is 0 Å². The van der Waals surface area contributed by atoms with Gasteiger partial charge in [0.2, 0.25) is 5.91 Å². The molecule has 3 heterocycles. The molecule has 25 heavy (non-hydrogen) atoms. The fourth-order valence-corrected chi connectivity index (χ4v) is 3.07. The summed E-state index contributed by atoms with van der Waals surface area (Å²) in [4.78, 5) is 16.6. The number of para-hydroxylation sites is 1. The maximum absolute atomic E-state index is 12.6. The zero-order chi connectivity index (χ0) is 17.2. The van der Waals surface area contributed by atoms with Crippen molar-refractivity contribution in [3.63, 3.8) is 0 Å². The summed E-state index contributed by atoms with van der Waals surface area (Å²) in [5.74, 6) is 0.939. The Hall–Kier alpha value is -2.96. The van der Waals surface area contributed by atoms with Crippen molar-refractivity contribution in [3.8, 4) is 0 Å². The molecule has 3 aromatic rings. The molecule has 128 valence electrons. The molecule has 0 saturated carbocycles. The number of aromatic nitrogens is 3. The molecule has 0 atom stereocenters. The van der Waals surface area contributed by atoms with Gasteiger partial charge in [0.1, 0.15) is 5.69 Å². The minimum Gasteiger partial charge on any atom is -0.356 e. The van der Waals surface area contributed by atoms with Gasteiger partial charge in [0.05, 0.1) is 12.1 Å². The molecule has 1 fully saturated rings. The number of anilines is 1. The molecule has 0 N–H and O–H groups in total. The zero-order valence-electron chi connectivity index (χ0n) is 14.1. The first-order valence-electron chi connectivity index (χ1n) is 8.37. The lowest BCUT2D eigenvalue weighted by Crippen LogP contribution is -2.49. The number of piperazine rings is 1. The molecule has 1 aliphatic rings. The van der Waals surface area contributed by atoms with Gasteiger partial charge in [-0.1, -0.05) is 17.3 Å². The van der Waals surface area contributed by atoms with E-state index >= 15 is 0 Å². The maximum atomic E-state index is 12.6. The number of nitrogens with zero attached hydrogens (tertiary/aromatic N) is 5. The Kier molecular flexibility index (Phi) is 4.05. The van der Waals surface area contributed by atoms with E-state index in [0.717, 1.165) is 30.0 Å². The molecular formula is C18H19N5O2. The van der Waals surface area contributed by atoms with Gasteiger partial charge in [-0.15, -0.1) is 5.10 Å². The van der Waals surface area contributed by atoms with Gasteiger partial charge in [-0.25, -0.2) is 0 Å². The summed E-state index contributed by atoms with van der Waals surface area (Å²) in [5.41, 5.74) is 2.32. The number of benzene rings is 1. The summed E-state index contributed by atoms with van der Waals surface area (Å²) in [7, 11) is 0. The predicted molar refractivity (Wildman–Crippen MR) is 93.3 cm³/mol. The van der Waals surface area contributed by atoms with Gasteiger partial charge in [0.25, 0.3) is 0 Å². The van der Waals surface area contributed by atoms with Crippen molar-refractivity contribution < 1.29 is 9.32 Å². The highest BCUT2D eigenvalue weighted by Gasteiger charge is 2.23. The first kappa shape index (κ1) is 15.6. The lowest BCUT2D eigenvalue weighted by molar-refractivity contribution is -0.130. The first-order valence-corrected chi connectivity index (χ1v) is 8.37. The summed E-state index contributed by atoms with van der Waals surface area (Å²) in [6.07, 6.45) is 0.265. The minimum atomic E-state index is 0.0775. The van der Waals surface area contributed by atoms with Gasteiger partial charge in [-0.3, -0.25) is 4.79 Å². The van der Waals surface area contributed by atoms with Crippen LogP contribution in [0.1, 0.15) is 11.4 Å². The van der Waals surface area contributed by atoms with E-state index in [1.165, 1.54) is 0 Å². The van der Waals surface area contributed by atoms with Crippen LogP contribution in [-0.2, 0) is 11.2 Å². The fraction of sp³-hybridized carbons (Fsp3) is 0.333. The summed E-state index contributed by atoms with van der Waals surface area (Å²) in [6.45, 7) is 4.77. The van der Waals surface area contributed by atoms with Gasteiger partial charge >= 0.3 is 0 Å². The van der Waals surface area contributed by atoms with Gasteiger partial charge in [-0.2, -0.15) is 5.10 Å². The van der Waals surface area contributed by atoms with Crippen LogP contribution in [0.15, 0.2) is 40.9 Å². The number of amides is 1. The molecule has 4 rings (SSSR count). The van der Waals surface area contributed by atoms with Gasteiger partial charge in [-0.05, 0) is 31.2 Å². The highest BCUT2D eigenvalue weighted by atomic mass is 16.5. The number of aryl methyl sites for hydroxylation is 1. The zero-order valence-corrected chi connectivity index (χ0v) is 14.1. The summed E-state index contributed by atoms with van der Waals surface area (Å²) >= 11 is 0. The normalized spacial score (nSPS) is 14.9. The molecule has 1 aromatic carbocycles. The Morgan fingerprint density at radius 1 is 1.08 bits per heavy atom. The third-order valence-electron chi connectivity index (χ3n) is 4.51. The molecule has 1 saturated heterocycles. The molecule has 7 nitrogen and oxygen atoms in total. The highest BCUT2D eigenvalue weighted by Crippen LogP contribution is 2.19. The standard InChI is InChI=1S/C18H19N5O2/c1-13-6-7-17(20-19-13)22-8-10-23(11-9-22)18(24)12-15-14-4-2-3-5-16(14)25-21-15/h2-7H,8-12H2,1H3. The SMILES string of the molecule is Cc1ccc(N2CCN(C(=O)Cc3noc4ccccc34)CC2)nn1. The minimum absolute atomic E-state index is 0.0775. The van der Waals surface area contributed by atoms with Crippen LogP contribution in [0.3, 0.4) is 0 Å². The van der Waals surface area contributed by atoms with Crippen LogP contribution in [-0.4, -0.2) is 52.3 Å². The maximum Gasteiger partial charge on any atom is 0.228 e. The second kappa shape index (κ2) is 6.51. The van der Waals surface area contributed by atoms with E-state index in [2.05, 4.69) is 20.3 Å². The third kappa shape index (κ3) is 3.17. The molecule has 7 heteroatoms. The Morgan fingerprint density at radius 2 is 1.88 bits per heavy atom. The number of fused-ring (bicyclic) bond motifs is 1. The summed E-state index contributed by atoms with van der Waals surface area (Å²) in [6, 6.07) is 11.5. The van der Waals surface area contributed by atoms with Crippen LogP contribution >= 0.6 is 0 Å². The number of carbonyl (C=O) groups excluding carboxylic acids is 1. The topological polar surface area (TPSA) is 75.4 Å². The van der Waals surface area contributed by atoms with Gasteiger partial charge in [0.15, 0.2) is 11.4 Å². The highest BCUT2D eigenvalue weighted by molar-refractivity contribution is 5.86. The van der Waals surface area contributed by atoms with E-state index in [9.17, 15) is 4.79 Å². The van der Waals surface area contributed by atoms with Crippen LogP contribution < -0.4 is 4.90 Å². The molecule has 0 bridgehead atoms. The van der Waals surface area contributed by atoms with Crippen molar-refractivity contribution in [2.45, 2.75) is 13.3 Å². The third-order valence-corrected chi connectivity index (χ3v) is 4.51. The quantitative estimate of drug-likeness (QED) is 0.726. The molecular weight excluding hydrogens is 318 g/mol. The summed E-state index contributed by atoms with van der Waals surface area (Å²) < 4.78 is 5.28. The fourth-order valence-electron chi connectivity index (χ4n) is 3.07. The number of hydrogen-bond donors (Lipinski definition) is 0. The molecule has 0 radical (unpaired) electrons. The molecule has 1 amide bonds. The molecule has 0 unspecified atom stereocenters. The smallest absolute Gasteiger partial charge is 0.228 e. The van der Waals surface area contributed by atoms with Crippen molar-refractivity contribution in [3.05, 3.63) is 47.8 Å². The lowest BCUT2D eigenvalue weighted by atomic mass is 10.1. The van der Waals surface area contributed by atoms with E-state index < -0.39 is 0 Å². The average molecular weight is 337 g/mol. The average Bonchev–Trinajstić information content (AvgIpc) is 3.06. The number of rotatable bonds is 3. The van der Waals surface area contributed by atoms with E-state index in [0.29, 0.717) is 24.4 Å². The molecule has 2 aromatic heterocycles. The number of hydrogen-bond acceptors (Lipinski definition) is 6. The predicted octanol–water partition coefficient (Wildman–Crippen LogP) is 1.82. The molecule has 1 aliphatic heterocycles. The van der Waals surface area contributed by atoms with Crippen molar-refractivity contribution in [1.82, 2.24) is 20.3 Å². The number of carbonyl (C=O) groups is 1. The van der Waals surface area contributed by atoms with Crippen molar-refractivity contribution >= 4 is 22.7 Å². The van der Waals surface area contributed by atoms with Crippen molar-refractivity contribution in [2.24, 2.45) is 0 Å². The van der Waals surface area contributed by atoms with E-state index in [1.807, 2.05) is 48.2 Å². The van der Waals surface area contributed by atoms with Crippen LogP contribution in [0.4, 0.5) is 5.82 Å². The second-order valence-electron chi connectivity index (χ2n) is 6.20. The van der Waals surface area contributed by atoms with Gasteiger partial charge in [0, 0.05) is 31.6 Å². The first-order chi connectivity index (χ1) is 12.2. The van der Waals surface area contributed by atoms with Crippen LogP contribution in [0.25, 0.3) is 11.0 Å². The largest absolute Gasteiger partial charge is 0.356 e. The van der Waals surface area contributed by atoms with Crippen LogP contribution in [0.5, 0.6) is 0 Å². The Labute approximate surface area is 145 Å². The molecule has 0 spiro atoms. The van der Waals surface area contributed by atoms with Gasteiger partial charge < -0.3 is 14.3 Å². The summed E-state index contributed by atoms with van der Waals surface area (Å²) in [5, 5.41) is 13.3. The Bertz CT molecular complexity index is 882.